The molecule has 94 valence electrons. The molecule has 0 atom stereocenters. The van der Waals surface area contributed by atoms with Crippen molar-refractivity contribution >= 4 is 6.08 Å². The second-order valence-corrected chi connectivity index (χ2v) is 6.80. The van der Waals surface area contributed by atoms with Gasteiger partial charge in [0.25, 0.3) is 0 Å². The first-order valence-electron chi connectivity index (χ1n) is 6.44. The fourth-order valence-corrected chi connectivity index (χ4v) is 2.00. The zero-order valence-corrected chi connectivity index (χ0v) is 12.4. The Kier molecular flexibility index (Phi) is 3.86. The van der Waals surface area contributed by atoms with Gasteiger partial charge in [-0.25, -0.2) is 0 Å². The molecule has 0 saturated heterocycles. The molecule has 0 aliphatic carbocycles. The van der Waals surface area contributed by atoms with Gasteiger partial charge < -0.3 is 0 Å². The molecule has 0 spiro atoms. The normalized spacial score (nSPS) is 13.4. The third-order valence-electron chi connectivity index (χ3n) is 3.07. The third-order valence-corrected chi connectivity index (χ3v) is 3.07. The van der Waals surface area contributed by atoms with Gasteiger partial charge in [0.05, 0.1) is 0 Å². The summed E-state index contributed by atoms with van der Waals surface area (Å²) in [6.45, 7) is 15.7. The molecule has 0 amide bonds. The zero-order valence-electron chi connectivity index (χ0n) is 12.4. The van der Waals surface area contributed by atoms with E-state index in [-0.39, 0.29) is 10.8 Å². The minimum atomic E-state index is 0.191. The number of rotatable bonds is 1. The van der Waals surface area contributed by atoms with Crippen LogP contribution in [0.3, 0.4) is 0 Å². The van der Waals surface area contributed by atoms with Crippen LogP contribution in [0.15, 0.2) is 24.3 Å². The summed E-state index contributed by atoms with van der Waals surface area (Å²) in [5.74, 6) is 0. The summed E-state index contributed by atoms with van der Waals surface area (Å²) < 4.78 is 0. The van der Waals surface area contributed by atoms with E-state index in [0.717, 1.165) is 0 Å². The van der Waals surface area contributed by atoms with Crippen molar-refractivity contribution < 1.29 is 0 Å². The van der Waals surface area contributed by atoms with Crippen molar-refractivity contribution in [1.82, 2.24) is 0 Å². The Labute approximate surface area is 107 Å². The van der Waals surface area contributed by atoms with Crippen LogP contribution >= 0.6 is 0 Å². The molecule has 1 aromatic rings. The van der Waals surface area contributed by atoms with Crippen LogP contribution in [0.4, 0.5) is 0 Å². The largest absolute Gasteiger partial charge is 0.0871 e. The van der Waals surface area contributed by atoms with Gasteiger partial charge in [-0.2, -0.15) is 0 Å². The molecular weight excluding hydrogens is 204 g/mol. The van der Waals surface area contributed by atoms with Crippen LogP contribution < -0.4 is 0 Å². The van der Waals surface area contributed by atoms with Crippen molar-refractivity contribution in [2.45, 2.75) is 59.3 Å². The van der Waals surface area contributed by atoms with Crippen LogP contribution in [0.5, 0.6) is 0 Å². The van der Waals surface area contributed by atoms with Gasteiger partial charge in [0, 0.05) is 0 Å². The van der Waals surface area contributed by atoms with Crippen molar-refractivity contribution in [1.29, 1.82) is 0 Å². The van der Waals surface area contributed by atoms with Gasteiger partial charge in [-0.1, -0.05) is 71.9 Å². The van der Waals surface area contributed by atoms with Crippen LogP contribution in [0, 0.1) is 0 Å². The topological polar surface area (TPSA) is 0 Å². The highest BCUT2D eigenvalue weighted by Crippen LogP contribution is 2.32. The first-order valence-corrected chi connectivity index (χ1v) is 6.44. The minimum absolute atomic E-state index is 0.191. The maximum absolute atomic E-state index is 2.37. The highest BCUT2D eigenvalue weighted by atomic mass is 14.3. The Morgan fingerprint density at radius 2 is 1.47 bits per heavy atom. The van der Waals surface area contributed by atoms with E-state index >= 15 is 0 Å². The van der Waals surface area contributed by atoms with E-state index in [1.165, 1.54) is 16.7 Å². The summed E-state index contributed by atoms with van der Waals surface area (Å²) in [7, 11) is 0. The quantitative estimate of drug-likeness (QED) is 0.613. The van der Waals surface area contributed by atoms with E-state index in [0.29, 0.717) is 0 Å². The molecule has 0 N–H and O–H groups in total. The molecule has 0 saturated carbocycles. The van der Waals surface area contributed by atoms with E-state index in [4.69, 9.17) is 0 Å². The molecule has 0 unspecified atom stereocenters. The van der Waals surface area contributed by atoms with Crippen molar-refractivity contribution in [3.63, 3.8) is 0 Å². The summed E-state index contributed by atoms with van der Waals surface area (Å²) in [6, 6.07) is 6.88. The highest BCUT2D eigenvalue weighted by Gasteiger charge is 2.21. The third kappa shape index (κ3) is 3.46. The first kappa shape index (κ1) is 14.0. The minimum Gasteiger partial charge on any atom is -0.0871 e. The molecule has 0 aliphatic heterocycles. The van der Waals surface area contributed by atoms with Gasteiger partial charge >= 0.3 is 0 Å². The molecule has 0 radical (unpaired) electrons. The average molecular weight is 230 g/mol. The number of hydrogen-bond donors (Lipinski definition) is 0. The van der Waals surface area contributed by atoms with E-state index < -0.39 is 0 Å². The molecule has 0 bridgehead atoms. The second-order valence-electron chi connectivity index (χ2n) is 6.80. The fourth-order valence-electron chi connectivity index (χ4n) is 2.00. The van der Waals surface area contributed by atoms with Gasteiger partial charge in [0.1, 0.15) is 0 Å². The molecule has 0 heteroatoms. The highest BCUT2D eigenvalue weighted by molar-refractivity contribution is 5.57. The Morgan fingerprint density at radius 1 is 0.882 bits per heavy atom. The summed E-state index contributed by atoms with van der Waals surface area (Å²) in [4.78, 5) is 0. The number of allylic oxidation sites excluding steroid dienone is 1. The van der Waals surface area contributed by atoms with Crippen LogP contribution in [-0.4, -0.2) is 0 Å². The van der Waals surface area contributed by atoms with Crippen LogP contribution in [-0.2, 0) is 10.8 Å². The summed E-state index contributed by atoms with van der Waals surface area (Å²) >= 11 is 0. The number of hydrogen-bond acceptors (Lipinski definition) is 0. The van der Waals surface area contributed by atoms with Crippen LogP contribution in [0.25, 0.3) is 6.08 Å². The molecule has 0 heterocycles. The SMILES string of the molecule is CC=Cc1ccc(C(C)(C)C)cc1C(C)(C)C. The molecule has 1 rings (SSSR count). The fraction of sp³-hybridized carbons (Fsp3) is 0.529. The summed E-state index contributed by atoms with van der Waals surface area (Å²) in [5, 5.41) is 0. The molecule has 0 nitrogen and oxygen atoms in total. The van der Waals surface area contributed by atoms with E-state index in [1.807, 2.05) is 0 Å². The predicted octanol–water partition coefficient (Wildman–Crippen LogP) is 5.31. The average Bonchev–Trinajstić information content (AvgIpc) is 2.15. The van der Waals surface area contributed by atoms with Crippen molar-refractivity contribution in [2.75, 3.05) is 0 Å². The molecule has 0 fully saturated rings. The smallest absolute Gasteiger partial charge is 0.0126 e. The Hall–Kier alpha value is -1.04. The molecular formula is C17H26. The summed E-state index contributed by atoms with van der Waals surface area (Å²) in [6.07, 6.45) is 4.31. The first-order chi connectivity index (χ1) is 7.66. The lowest BCUT2D eigenvalue weighted by Crippen LogP contribution is -2.17. The van der Waals surface area contributed by atoms with Gasteiger partial charge in [0.15, 0.2) is 0 Å². The van der Waals surface area contributed by atoms with E-state index in [1.54, 1.807) is 0 Å². The lowest BCUT2D eigenvalue weighted by Gasteiger charge is -2.26. The monoisotopic (exact) mass is 230 g/mol. The van der Waals surface area contributed by atoms with Crippen molar-refractivity contribution in [3.05, 3.63) is 41.0 Å². The lowest BCUT2D eigenvalue weighted by atomic mass is 9.78. The molecule has 0 aromatic heterocycles. The maximum Gasteiger partial charge on any atom is -0.0126 e. The van der Waals surface area contributed by atoms with Crippen molar-refractivity contribution in [2.24, 2.45) is 0 Å². The Balaban J connectivity index is 3.40. The Morgan fingerprint density at radius 3 is 1.88 bits per heavy atom. The predicted molar refractivity (Wildman–Crippen MR) is 78.6 cm³/mol. The van der Waals surface area contributed by atoms with E-state index in [2.05, 4.69) is 78.8 Å². The van der Waals surface area contributed by atoms with Crippen LogP contribution in [0.1, 0.15) is 65.2 Å². The maximum atomic E-state index is 2.37. The zero-order chi connectivity index (χ0) is 13.3. The lowest BCUT2D eigenvalue weighted by molar-refractivity contribution is 0.568. The molecule has 17 heavy (non-hydrogen) atoms. The standard InChI is InChI=1S/C17H26/c1-8-9-13-10-11-14(16(2,3)4)12-15(13)17(5,6)7/h8-12H,1-7H3. The van der Waals surface area contributed by atoms with Crippen molar-refractivity contribution in [3.8, 4) is 0 Å². The van der Waals surface area contributed by atoms with Gasteiger partial charge in [0.2, 0.25) is 0 Å². The van der Waals surface area contributed by atoms with Crippen LogP contribution in [0.2, 0.25) is 0 Å². The number of benzene rings is 1. The van der Waals surface area contributed by atoms with Gasteiger partial charge in [-0.3, -0.25) is 0 Å². The van der Waals surface area contributed by atoms with E-state index in [9.17, 15) is 0 Å². The second kappa shape index (κ2) is 4.68. The van der Waals surface area contributed by atoms with Gasteiger partial charge in [-0.05, 0) is 34.4 Å². The molecule has 1 aromatic carbocycles. The van der Waals surface area contributed by atoms with Gasteiger partial charge in [-0.15, -0.1) is 0 Å². The summed E-state index contributed by atoms with van der Waals surface area (Å²) in [5.41, 5.74) is 4.59. The molecule has 0 aliphatic rings. The Bertz CT molecular complexity index is 409.